The molecular weight excluding hydrogens is 290 g/mol. The van der Waals surface area contributed by atoms with Gasteiger partial charge in [-0.05, 0) is 30.9 Å². The Morgan fingerprint density at radius 2 is 2.26 bits per heavy atom. The minimum absolute atomic E-state index is 0. The number of ether oxygens (including phenoxy) is 1. The van der Waals surface area contributed by atoms with Gasteiger partial charge in [-0.3, -0.25) is 9.78 Å². The van der Waals surface area contributed by atoms with E-state index >= 15 is 0 Å². The summed E-state index contributed by atoms with van der Waals surface area (Å²) in [6.45, 7) is 2.73. The van der Waals surface area contributed by atoms with Crippen molar-refractivity contribution in [1.82, 2.24) is 4.98 Å². The third-order valence-electron chi connectivity index (χ3n) is 4.29. The zero-order chi connectivity index (χ0) is 15.5. The van der Waals surface area contributed by atoms with Gasteiger partial charge in [0.25, 0.3) is 0 Å². The van der Waals surface area contributed by atoms with E-state index in [1.165, 1.54) is 6.42 Å². The van der Waals surface area contributed by atoms with Gasteiger partial charge in [-0.15, -0.1) is 0 Å². The number of amides is 1. The topological polar surface area (TPSA) is 68.4 Å². The van der Waals surface area contributed by atoms with Gasteiger partial charge >= 0.3 is 0 Å². The van der Waals surface area contributed by atoms with Crippen LogP contribution in [0.5, 0.6) is 0 Å². The Balaban J connectivity index is 0.00000192. The van der Waals surface area contributed by atoms with Crippen molar-refractivity contribution in [3.05, 3.63) is 36.2 Å². The quantitative estimate of drug-likeness (QED) is 0.942. The van der Waals surface area contributed by atoms with Crippen LogP contribution < -0.4 is 10.6 Å². The summed E-state index contributed by atoms with van der Waals surface area (Å²) in [6, 6.07) is 5.52. The van der Waals surface area contributed by atoms with Crippen LogP contribution in [0.1, 0.15) is 30.6 Å². The number of primary amides is 1. The molecule has 2 N–H and O–H groups in total. The number of methoxy groups -OCH3 is 1. The van der Waals surface area contributed by atoms with E-state index in [0.717, 1.165) is 42.6 Å². The number of carbonyl (C=O) groups excluding carboxylic acids is 1. The zero-order valence-corrected chi connectivity index (χ0v) is 12.8. The highest BCUT2D eigenvalue weighted by molar-refractivity contribution is 6.01. The summed E-state index contributed by atoms with van der Waals surface area (Å²) in [5.74, 6) is 0.133. The maximum atomic E-state index is 11.4. The van der Waals surface area contributed by atoms with Crippen molar-refractivity contribution in [3.63, 3.8) is 0 Å². The normalized spacial score (nSPS) is 17.8. The number of nitrogens with two attached hydrogens (primary N) is 1. The molecule has 124 valence electrons. The highest BCUT2D eigenvalue weighted by Crippen LogP contribution is 2.30. The maximum Gasteiger partial charge on any atom is 0.248 e. The monoisotopic (exact) mass is 315 g/mol. The summed E-state index contributed by atoms with van der Waals surface area (Å²) in [5.41, 5.74) is 7.01. The molecule has 1 fully saturated rings. The molecule has 1 aliphatic heterocycles. The lowest BCUT2D eigenvalue weighted by molar-refractivity contribution is 0.100. The fraction of sp³-hybridized carbons (Fsp3) is 0.444. The molecule has 1 aromatic carbocycles. The van der Waals surface area contributed by atoms with Crippen LogP contribution >= 0.6 is 0 Å². The number of rotatable bonds is 4. The lowest BCUT2D eigenvalue weighted by atomic mass is 9.97. The first-order valence-corrected chi connectivity index (χ1v) is 7.60. The minimum Gasteiger partial charge on any atom is -0.384 e. The highest BCUT2D eigenvalue weighted by atomic mass is 16.5. The molecule has 0 unspecified atom stereocenters. The SMILES string of the molecule is C.COC[C@@H]1CCCN(c2cncc3ccc(C(N)=O)cc23)C1. The number of aromatic nitrogens is 1. The van der Waals surface area contributed by atoms with Crippen molar-refractivity contribution in [2.24, 2.45) is 11.7 Å². The predicted octanol–water partition coefficient (Wildman–Crippen LogP) is 2.83. The molecule has 1 saturated heterocycles. The Morgan fingerprint density at radius 1 is 1.43 bits per heavy atom. The fourth-order valence-electron chi connectivity index (χ4n) is 3.21. The molecule has 23 heavy (non-hydrogen) atoms. The first kappa shape index (κ1) is 17.2. The Bertz CT molecular complexity index is 685. The third-order valence-corrected chi connectivity index (χ3v) is 4.29. The van der Waals surface area contributed by atoms with Gasteiger partial charge in [-0.1, -0.05) is 13.5 Å². The van der Waals surface area contributed by atoms with Crippen LogP contribution in [0.15, 0.2) is 30.6 Å². The molecule has 5 heteroatoms. The van der Waals surface area contributed by atoms with Crippen LogP contribution in [0.25, 0.3) is 10.8 Å². The number of hydrogen-bond donors (Lipinski definition) is 1. The van der Waals surface area contributed by atoms with E-state index in [1.807, 2.05) is 24.5 Å². The molecule has 0 spiro atoms. The molecule has 0 saturated carbocycles. The van der Waals surface area contributed by atoms with Crippen molar-refractivity contribution in [2.45, 2.75) is 20.3 Å². The van der Waals surface area contributed by atoms with Crippen molar-refractivity contribution >= 4 is 22.4 Å². The standard InChI is InChI=1S/C17H21N3O2.CH4/c1-22-11-12-3-2-6-20(10-12)16-9-19-8-14-5-4-13(17(18)21)7-15(14)16;/h4-5,7-9,12H,2-3,6,10-11H2,1H3,(H2,18,21);1H4/t12-;/m1./s1. The van der Waals surface area contributed by atoms with E-state index in [4.69, 9.17) is 10.5 Å². The van der Waals surface area contributed by atoms with Crippen LogP contribution in [0, 0.1) is 5.92 Å². The third kappa shape index (κ3) is 3.62. The van der Waals surface area contributed by atoms with Gasteiger partial charge < -0.3 is 15.4 Å². The Kier molecular flexibility index (Phi) is 5.55. The van der Waals surface area contributed by atoms with Crippen LogP contribution in [-0.2, 0) is 4.74 Å². The minimum atomic E-state index is -0.402. The molecule has 0 radical (unpaired) electrons. The number of benzene rings is 1. The van der Waals surface area contributed by atoms with Gasteiger partial charge in [0, 0.05) is 42.7 Å². The Hall–Kier alpha value is -2.14. The Morgan fingerprint density at radius 3 is 3.00 bits per heavy atom. The van der Waals surface area contributed by atoms with Crippen molar-refractivity contribution in [2.75, 3.05) is 31.7 Å². The van der Waals surface area contributed by atoms with E-state index in [1.54, 1.807) is 13.2 Å². The first-order valence-electron chi connectivity index (χ1n) is 7.60. The van der Waals surface area contributed by atoms with Crippen molar-refractivity contribution in [3.8, 4) is 0 Å². The fourth-order valence-corrected chi connectivity index (χ4v) is 3.21. The van der Waals surface area contributed by atoms with E-state index < -0.39 is 5.91 Å². The van der Waals surface area contributed by atoms with Crippen molar-refractivity contribution < 1.29 is 9.53 Å². The molecule has 1 atom stereocenters. The number of carbonyl (C=O) groups is 1. The smallest absolute Gasteiger partial charge is 0.248 e. The van der Waals surface area contributed by atoms with E-state index in [9.17, 15) is 4.79 Å². The molecule has 1 aliphatic rings. The number of pyridine rings is 1. The summed E-state index contributed by atoms with van der Waals surface area (Å²) >= 11 is 0. The molecule has 1 amide bonds. The molecule has 2 aromatic rings. The lowest BCUT2D eigenvalue weighted by Crippen LogP contribution is -2.37. The van der Waals surface area contributed by atoms with Crippen LogP contribution in [-0.4, -0.2) is 37.7 Å². The highest BCUT2D eigenvalue weighted by Gasteiger charge is 2.21. The number of anilines is 1. The van der Waals surface area contributed by atoms with E-state index in [-0.39, 0.29) is 7.43 Å². The van der Waals surface area contributed by atoms with Crippen molar-refractivity contribution in [1.29, 1.82) is 0 Å². The molecule has 5 nitrogen and oxygen atoms in total. The average Bonchev–Trinajstić information content (AvgIpc) is 2.54. The summed E-state index contributed by atoms with van der Waals surface area (Å²) in [6.07, 6.45) is 6.03. The van der Waals surface area contributed by atoms with E-state index in [0.29, 0.717) is 11.5 Å². The molecule has 0 bridgehead atoms. The van der Waals surface area contributed by atoms with Gasteiger partial charge in [-0.25, -0.2) is 0 Å². The van der Waals surface area contributed by atoms with Crippen LogP contribution in [0.2, 0.25) is 0 Å². The summed E-state index contributed by atoms with van der Waals surface area (Å²) < 4.78 is 5.30. The van der Waals surface area contributed by atoms with Crippen LogP contribution in [0.4, 0.5) is 5.69 Å². The molecule has 2 heterocycles. The van der Waals surface area contributed by atoms with Gasteiger partial charge in [0.05, 0.1) is 18.5 Å². The molecular formula is C18H25N3O2. The second kappa shape index (κ2) is 7.42. The lowest BCUT2D eigenvalue weighted by Gasteiger charge is -2.34. The van der Waals surface area contributed by atoms with Gasteiger partial charge in [0.2, 0.25) is 5.91 Å². The van der Waals surface area contributed by atoms with Gasteiger partial charge in [-0.2, -0.15) is 0 Å². The van der Waals surface area contributed by atoms with Gasteiger partial charge in [0.15, 0.2) is 0 Å². The second-order valence-electron chi connectivity index (χ2n) is 5.87. The largest absolute Gasteiger partial charge is 0.384 e. The zero-order valence-electron chi connectivity index (χ0n) is 12.8. The second-order valence-corrected chi connectivity index (χ2v) is 5.87. The van der Waals surface area contributed by atoms with Crippen LogP contribution in [0.3, 0.4) is 0 Å². The predicted molar refractivity (Wildman–Crippen MR) is 93.8 cm³/mol. The van der Waals surface area contributed by atoms with Gasteiger partial charge in [0.1, 0.15) is 0 Å². The number of nitrogens with zero attached hydrogens (tertiary/aromatic N) is 2. The molecule has 0 aliphatic carbocycles. The molecule has 1 aromatic heterocycles. The summed E-state index contributed by atoms with van der Waals surface area (Å²) in [7, 11) is 1.75. The summed E-state index contributed by atoms with van der Waals surface area (Å²) in [5, 5.41) is 2.06. The number of fused-ring (bicyclic) bond motifs is 1. The maximum absolute atomic E-state index is 11.4. The van der Waals surface area contributed by atoms with E-state index in [2.05, 4.69) is 9.88 Å². The molecule has 3 rings (SSSR count). The Labute approximate surface area is 137 Å². The number of piperidine rings is 1. The summed E-state index contributed by atoms with van der Waals surface area (Å²) in [4.78, 5) is 18.1. The number of hydrogen-bond acceptors (Lipinski definition) is 4. The first-order chi connectivity index (χ1) is 10.7. The average molecular weight is 315 g/mol.